The molecule has 1 aromatic rings. The molecule has 1 fully saturated rings. The summed E-state index contributed by atoms with van der Waals surface area (Å²) >= 11 is 0. The molecule has 2 amide bonds. The summed E-state index contributed by atoms with van der Waals surface area (Å²) in [6.45, 7) is 3.07. The van der Waals surface area contributed by atoms with Gasteiger partial charge in [-0.25, -0.2) is 0 Å². The lowest BCUT2D eigenvalue weighted by atomic mass is 10.1. The molecular formula is C17H22N2O4. The molecule has 0 radical (unpaired) electrons. The van der Waals surface area contributed by atoms with Crippen molar-refractivity contribution in [3.05, 3.63) is 23.8 Å². The predicted molar refractivity (Wildman–Crippen MR) is 85.6 cm³/mol. The van der Waals surface area contributed by atoms with Gasteiger partial charge < -0.3 is 19.7 Å². The molecule has 1 saturated heterocycles. The molecule has 0 aliphatic carbocycles. The third-order valence-electron chi connectivity index (χ3n) is 4.28. The SMILES string of the molecule is CC1Oc2ccc(CC(=O)NCC3CCCO3)cc2N(C)C1=O. The normalized spacial score (nSPS) is 23.4. The van der Waals surface area contributed by atoms with Gasteiger partial charge in [-0.3, -0.25) is 9.59 Å². The van der Waals surface area contributed by atoms with Crippen molar-refractivity contribution in [2.45, 2.75) is 38.4 Å². The number of benzene rings is 1. The van der Waals surface area contributed by atoms with E-state index >= 15 is 0 Å². The highest BCUT2D eigenvalue weighted by atomic mass is 16.5. The molecule has 2 atom stereocenters. The lowest BCUT2D eigenvalue weighted by molar-refractivity contribution is -0.125. The molecule has 0 spiro atoms. The molecule has 6 nitrogen and oxygen atoms in total. The monoisotopic (exact) mass is 318 g/mol. The molecule has 0 bridgehead atoms. The van der Waals surface area contributed by atoms with Gasteiger partial charge in [0.2, 0.25) is 5.91 Å². The first-order chi connectivity index (χ1) is 11.0. The summed E-state index contributed by atoms with van der Waals surface area (Å²) in [6.07, 6.45) is 2.00. The zero-order chi connectivity index (χ0) is 16.4. The quantitative estimate of drug-likeness (QED) is 0.908. The third kappa shape index (κ3) is 3.47. The molecule has 0 aromatic heterocycles. The summed E-state index contributed by atoms with van der Waals surface area (Å²) in [5, 5.41) is 2.90. The first kappa shape index (κ1) is 15.8. The summed E-state index contributed by atoms with van der Waals surface area (Å²) in [4.78, 5) is 25.6. The van der Waals surface area contributed by atoms with Crippen LogP contribution in [0.25, 0.3) is 0 Å². The van der Waals surface area contributed by atoms with Crippen LogP contribution in [0.5, 0.6) is 5.75 Å². The minimum absolute atomic E-state index is 0.0421. The Bertz CT molecular complexity index is 611. The number of nitrogens with zero attached hydrogens (tertiary/aromatic N) is 1. The highest BCUT2D eigenvalue weighted by molar-refractivity contribution is 5.99. The van der Waals surface area contributed by atoms with E-state index in [9.17, 15) is 9.59 Å². The molecule has 1 aromatic carbocycles. The number of ether oxygens (including phenoxy) is 2. The largest absolute Gasteiger partial charge is 0.479 e. The zero-order valence-corrected chi connectivity index (χ0v) is 13.5. The molecule has 2 heterocycles. The van der Waals surface area contributed by atoms with Gasteiger partial charge in [-0.15, -0.1) is 0 Å². The smallest absolute Gasteiger partial charge is 0.267 e. The van der Waals surface area contributed by atoms with Crippen LogP contribution in [0.1, 0.15) is 25.3 Å². The molecule has 3 rings (SSSR count). The fraction of sp³-hybridized carbons (Fsp3) is 0.529. The zero-order valence-electron chi connectivity index (χ0n) is 13.5. The average Bonchev–Trinajstić information content (AvgIpc) is 3.05. The van der Waals surface area contributed by atoms with Crippen molar-refractivity contribution in [1.82, 2.24) is 5.32 Å². The Morgan fingerprint density at radius 1 is 1.43 bits per heavy atom. The number of fused-ring (bicyclic) bond motifs is 1. The Morgan fingerprint density at radius 3 is 3.00 bits per heavy atom. The second-order valence-electron chi connectivity index (χ2n) is 6.08. The summed E-state index contributed by atoms with van der Waals surface area (Å²) in [5.41, 5.74) is 1.56. The summed E-state index contributed by atoms with van der Waals surface area (Å²) in [7, 11) is 1.72. The number of hydrogen-bond acceptors (Lipinski definition) is 4. The first-order valence-electron chi connectivity index (χ1n) is 8.00. The molecule has 6 heteroatoms. The molecule has 23 heavy (non-hydrogen) atoms. The van der Waals surface area contributed by atoms with Gasteiger partial charge in [0.1, 0.15) is 5.75 Å². The lowest BCUT2D eigenvalue weighted by Crippen LogP contribution is -2.42. The van der Waals surface area contributed by atoms with E-state index in [4.69, 9.17) is 9.47 Å². The minimum Gasteiger partial charge on any atom is -0.479 e. The van der Waals surface area contributed by atoms with E-state index in [0.29, 0.717) is 18.0 Å². The maximum atomic E-state index is 12.1. The number of carbonyl (C=O) groups excluding carboxylic acids is 2. The maximum absolute atomic E-state index is 12.1. The van der Waals surface area contributed by atoms with Gasteiger partial charge in [0.15, 0.2) is 6.10 Å². The van der Waals surface area contributed by atoms with Crippen LogP contribution in [0.3, 0.4) is 0 Å². The summed E-state index contributed by atoms with van der Waals surface area (Å²) in [5.74, 6) is 0.542. The average molecular weight is 318 g/mol. The predicted octanol–water partition coefficient (Wildman–Crippen LogP) is 1.27. The molecular weight excluding hydrogens is 296 g/mol. The van der Waals surface area contributed by atoms with Crippen LogP contribution in [0, 0.1) is 0 Å². The van der Waals surface area contributed by atoms with E-state index in [2.05, 4.69) is 5.32 Å². The molecule has 2 aliphatic rings. The van der Waals surface area contributed by atoms with E-state index in [0.717, 1.165) is 25.0 Å². The molecule has 2 aliphatic heterocycles. The van der Waals surface area contributed by atoms with Gasteiger partial charge in [-0.05, 0) is 37.5 Å². The summed E-state index contributed by atoms with van der Waals surface area (Å²) < 4.78 is 11.1. The molecule has 124 valence electrons. The van der Waals surface area contributed by atoms with E-state index in [-0.39, 0.29) is 24.3 Å². The van der Waals surface area contributed by atoms with Gasteiger partial charge in [-0.2, -0.15) is 0 Å². The summed E-state index contributed by atoms with van der Waals surface area (Å²) in [6, 6.07) is 5.52. The fourth-order valence-electron chi connectivity index (χ4n) is 2.95. The van der Waals surface area contributed by atoms with Crippen LogP contribution in [-0.4, -0.2) is 44.2 Å². The van der Waals surface area contributed by atoms with E-state index < -0.39 is 6.10 Å². The van der Waals surface area contributed by atoms with Crippen molar-refractivity contribution in [1.29, 1.82) is 0 Å². The van der Waals surface area contributed by atoms with Crippen molar-refractivity contribution in [2.75, 3.05) is 25.1 Å². The number of nitrogens with one attached hydrogen (secondary N) is 1. The highest BCUT2D eigenvalue weighted by Crippen LogP contribution is 2.34. The second-order valence-corrected chi connectivity index (χ2v) is 6.08. The Balaban J connectivity index is 1.62. The topological polar surface area (TPSA) is 67.9 Å². The molecule has 0 saturated carbocycles. The van der Waals surface area contributed by atoms with Crippen LogP contribution in [0.4, 0.5) is 5.69 Å². The van der Waals surface area contributed by atoms with E-state index in [1.165, 1.54) is 0 Å². The lowest BCUT2D eigenvalue weighted by Gasteiger charge is -2.30. The number of anilines is 1. The van der Waals surface area contributed by atoms with Crippen molar-refractivity contribution in [3.8, 4) is 5.75 Å². The Kier molecular flexibility index (Phi) is 4.52. The van der Waals surface area contributed by atoms with Gasteiger partial charge in [0, 0.05) is 20.2 Å². The maximum Gasteiger partial charge on any atom is 0.267 e. The number of amides is 2. The van der Waals surface area contributed by atoms with Crippen LogP contribution < -0.4 is 15.0 Å². The van der Waals surface area contributed by atoms with E-state index in [1.54, 1.807) is 18.9 Å². The number of hydrogen-bond donors (Lipinski definition) is 1. The third-order valence-corrected chi connectivity index (χ3v) is 4.28. The van der Waals surface area contributed by atoms with Gasteiger partial charge in [0.25, 0.3) is 5.91 Å². The van der Waals surface area contributed by atoms with Crippen molar-refractivity contribution in [2.24, 2.45) is 0 Å². The Morgan fingerprint density at radius 2 is 2.26 bits per heavy atom. The number of carbonyl (C=O) groups is 2. The van der Waals surface area contributed by atoms with Crippen LogP contribution in [-0.2, 0) is 20.7 Å². The Labute approximate surface area is 135 Å². The van der Waals surface area contributed by atoms with Gasteiger partial charge in [-0.1, -0.05) is 6.07 Å². The van der Waals surface area contributed by atoms with Crippen LogP contribution >= 0.6 is 0 Å². The first-order valence-corrected chi connectivity index (χ1v) is 8.00. The molecule has 1 N–H and O–H groups in total. The minimum atomic E-state index is -0.479. The van der Waals surface area contributed by atoms with E-state index in [1.807, 2.05) is 18.2 Å². The van der Waals surface area contributed by atoms with Crippen LogP contribution in [0.2, 0.25) is 0 Å². The number of rotatable bonds is 4. The Hall–Kier alpha value is -2.08. The standard InChI is InChI=1S/C17H22N2O4/c1-11-17(21)19(2)14-8-12(5-6-15(14)23-11)9-16(20)18-10-13-4-3-7-22-13/h5-6,8,11,13H,3-4,7,9-10H2,1-2H3,(H,18,20). The van der Waals surface area contributed by atoms with Crippen LogP contribution in [0.15, 0.2) is 18.2 Å². The second kappa shape index (κ2) is 6.58. The van der Waals surface area contributed by atoms with Crippen molar-refractivity contribution < 1.29 is 19.1 Å². The fourth-order valence-corrected chi connectivity index (χ4v) is 2.95. The number of likely N-dealkylation sites (N-methyl/N-ethyl adjacent to an activating group) is 1. The highest BCUT2D eigenvalue weighted by Gasteiger charge is 2.29. The van der Waals surface area contributed by atoms with Gasteiger partial charge >= 0.3 is 0 Å². The van der Waals surface area contributed by atoms with Crippen molar-refractivity contribution >= 4 is 17.5 Å². The van der Waals surface area contributed by atoms with Crippen molar-refractivity contribution in [3.63, 3.8) is 0 Å². The molecule has 2 unspecified atom stereocenters. The van der Waals surface area contributed by atoms with Gasteiger partial charge in [0.05, 0.1) is 18.2 Å².